The molecule has 7 heteroatoms. The lowest BCUT2D eigenvalue weighted by Gasteiger charge is -2.42. The molecule has 2 aliphatic rings. The van der Waals surface area contributed by atoms with Crippen LogP contribution in [0, 0.1) is 0 Å². The molecule has 1 saturated heterocycles. The summed E-state index contributed by atoms with van der Waals surface area (Å²) in [6, 6.07) is 5.21. The lowest BCUT2D eigenvalue weighted by atomic mass is 10.1. The molecule has 0 aromatic heterocycles. The first-order valence-corrected chi connectivity index (χ1v) is 9.53. The minimum atomic E-state index is -0.521. The van der Waals surface area contributed by atoms with E-state index in [4.69, 9.17) is 16.3 Å². The molecule has 0 radical (unpaired) electrons. The van der Waals surface area contributed by atoms with E-state index in [1.807, 2.05) is 25.7 Å². The summed E-state index contributed by atoms with van der Waals surface area (Å²) in [6.45, 7) is 7.06. The summed E-state index contributed by atoms with van der Waals surface area (Å²) in [7, 11) is 0. The van der Waals surface area contributed by atoms with Gasteiger partial charge in [0.15, 0.2) is 0 Å². The molecule has 0 N–H and O–H groups in total. The first kappa shape index (κ1) is 18.5. The summed E-state index contributed by atoms with van der Waals surface area (Å²) >= 11 is 9.48. The predicted octanol–water partition coefficient (Wildman–Crippen LogP) is 4.33. The van der Waals surface area contributed by atoms with Crippen molar-refractivity contribution in [3.63, 3.8) is 0 Å². The maximum Gasteiger partial charge on any atom is 0.410 e. The molecule has 0 unspecified atom stereocenters. The Morgan fingerprint density at radius 2 is 1.92 bits per heavy atom. The fraction of sp³-hybridized carbons (Fsp3) is 0.556. The molecular weight excluding hydrogens is 408 g/mol. The molecule has 1 saturated carbocycles. The Labute approximate surface area is 161 Å². The van der Waals surface area contributed by atoms with Gasteiger partial charge in [-0.2, -0.15) is 0 Å². The first-order valence-electron chi connectivity index (χ1n) is 8.36. The molecule has 2 fully saturated rings. The van der Waals surface area contributed by atoms with Gasteiger partial charge in [-0.25, -0.2) is 4.79 Å². The highest BCUT2D eigenvalue weighted by atomic mass is 79.9. The zero-order valence-electron chi connectivity index (χ0n) is 14.6. The van der Waals surface area contributed by atoms with Crippen molar-refractivity contribution in [2.75, 3.05) is 19.6 Å². The maximum absolute atomic E-state index is 13.0. The van der Waals surface area contributed by atoms with E-state index in [0.29, 0.717) is 30.2 Å². The number of benzene rings is 1. The van der Waals surface area contributed by atoms with Crippen LogP contribution in [-0.2, 0) is 4.74 Å². The largest absolute Gasteiger partial charge is 0.444 e. The predicted molar refractivity (Wildman–Crippen MR) is 100.0 cm³/mol. The molecule has 3 rings (SSSR count). The average molecular weight is 430 g/mol. The molecule has 5 nitrogen and oxygen atoms in total. The molecular formula is C18H22BrClN2O3. The number of nitrogens with zero attached hydrogens (tertiary/aromatic N) is 2. The van der Waals surface area contributed by atoms with Gasteiger partial charge in [0.2, 0.25) is 0 Å². The molecule has 1 aromatic carbocycles. The van der Waals surface area contributed by atoms with Crippen LogP contribution < -0.4 is 0 Å². The fourth-order valence-corrected chi connectivity index (χ4v) is 3.74. The maximum atomic E-state index is 13.0. The van der Waals surface area contributed by atoms with Crippen molar-refractivity contribution in [3.05, 3.63) is 33.3 Å². The number of hydrogen-bond acceptors (Lipinski definition) is 3. The highest BCUT2D eigenvalue weighted by molar-refractivity contribution is 9.10. The Kier molecular flexibility index (Phi) is 4.79. The van der Waals surface area contributed by atoms with Gasteiger partial charge in [-0.3, -0.25) is 4.79 Å². The second-order valence-electron chi connectivity index (χ2n) is 7.71. The molecule has 0 bridgehead atoms. The number of ether oxygens (including phenoxy) is 1. The summed E-state index contributed by atoms with van der Waals surface area (Å²) in [5, 5.41) is 0.531. The van der Waals surface area contributed by atoms with Crippen molar-refractivity contribution in [1.82, 2.24) is 9.80 Å². The number of halogens is 2. The lowest BCUT2D eigenvalue weighted by Crippen LogP contribution is -2.58. The Hall–Kier alpha value is -1.27. The summed E-state index contributed by atoms with van der Waals surface area (Å²) < 4.78 is 6.20. The molecule has 1 aromatic rings. The van der Waals surface area contributed by atoms with Crippen molar-refractivity contribution in [3.8, 4) is 0 Å². The third-order valence-electron chi connectivity index (χ3n) is 4.53. The zero-order valence-corrected chi connectivity index (χ0v) is 17.0. The monoisotopic (exact) mass is 428 g/mol. The third kappa shape index (κ3) is 3.95. The van der Waals surface area contributed by atoms with Crippen molar-refractivity contribution < 1.29 is 14.3 Å². The van der Waals surface area contributed by atoms with Crippen LogP contribution in [0.4, 0.5) is 4.79 Å². The molecule has 1 aliphatic heterocycles. The molecule has 25 heavy (non-hydrogen) atoms. The molecule has 1 spiro atoms. The zero-order chi connectivity index (χ0) is 18.4. The minimum Gasteiger partial charge on any atom is -0.444 e. The number of amides is 2. The molecule has 2 amide bonds. The molecule has 0 atom stereocenters. The van der Waals surface area contributed by atoms with E-state index in [9.17, 15) is 9.59 Å². The second kappa shape index (κ2) is 6.47. The lowest BCUT2D eigenvalue weighted by molar-refractivity contribution is 0.000613. The average Bonchev–Trinajstić information content (AvgIpc) is 3.27. The van der Waals surface area contributed by atoms with Gasteiger partial charge in [0.25, 0.3) is 5.91 Å². The van der Waals surface area contributed by atoms with Crippen molar-refractivity contribution in [2.45, 2.75) is 44.8 Å². The van der Waals surface area contributed by atoms with Crippen LogP contribution in [0.2, 0.25) is 5.02 Å². The standard InChI is InChI=1S/C18H22BrClN2O3/c1-17(2,3)25-16(24)21-8-9-22(18(11-21)6-7-18)15(23)13-10-12(20)4-5-14(13)19/h4-5,10H,6-9,11H2,1-3H3. The van der Waals surface area contributed by atoms with Gasteiger partial charge < -0.3 is 14.5 Å². The Balaban J connectivity index is 1.75. The van der Waals surface area contributed by atoms with E-state index in [2.05, 4.69) is 15.9 Å². The van der Waals surface area contributed by atoms with E-state index in [-0.39, 0.29) is 17.5 Å². The van der Waals surface area contributed by atoms with Crippen LogP contribution in [0.1, 0.15) is 44.0 Å². The van der Waals surface area contributed by atoms with E-state index in [0.717, 1.165) is 17.3 Å². The summed E-state index contributed by atoms with van der Waals surface area (Å²) in [5.74, 6) is -0.0456. The number of carbonyl (C=O) groups is 2. The normalized spacial score (nSPS) is 19.1. The van der Waals surface area contributed by atoms with Crippen LogP contribution in [0.15, 0.2) is 22.7 Å². The van der Waals surface area contributed by atoms with Crippen LogP contribution in [0.25, 0.3) is 0 Å². The topological polar surface area (TPSA) is 49.9 Å². The van der Waals surface area contributed by atoms with Gasteiger partial charge in [-0.15, -0.1) is 0 Å². The fourth-order valence-electron chi connectivity index (χ4n) is 3.16. The summed E-state index contributed by atoms with van der Waals surface area (Å²) in [4.78, 5) is 29.0. The van der Waals surface area contributed by atoms with Crippen molar-refractivity contribution in [2.24, 2.45) is 0 Å². The van der Waals surface area contributed by atoms with E-state index >= 15 is 0 Å². The number of carbonyl (C=O) groups excluding carboxylic acids is 2. The van der Waals surface area contributed by atoms with Crippen LogP contribution in [-0.4, -0.2) is 52.6 Å². The van der Waals surface area contributed by atoms with E-state index in [1.54, 1.807) is 23.1 Å². The summed E-state index contributed by atoms with van der Waals surface area (Å²) in [6.07, 6.45) is 1.49. The van der Waals surface area contributed by atoms with E-state index < -0.39 is 5.60 Å². The van der Waals surface area contributed by atoms with Gasteiger partial charge in [0, 0.05) is 29.1 Å². The smallest absolute Gasteiger partial charge is 0.410 e. The van der Waals surface area contributed by atoms with E-state index in [1.165, 1.54) is 0 Å². The SMILES string of the molecule is CC(C)(C)OC(=O)N1CCN(C(=O)c2cc(Cl)ccc2Br)C2(CC2)C1. The molecule has 1 heterocycles. The van der Waals surface area contributed by atoms with Gasteiger partial charge >= 0.3 is 6.09 Å². The number of hydrogen-bond donors (Lipinski definition) is 0. The van der Waals surface area contributed by atoms with Gasteiger partial charge in [0.05, 0.1) is 11.1 Å². The highest BCUT2D eigenvalue weighted by Crippen LogP contribution is 2.45. The molecule has 136 valence electrons. The Morgan fingerprint density at radius 1 is 1.24 bits per heavy atom. The Morgan fingerprint density at radius 3 is 2.52 bits per heavy atom. The van der Waals surface area contributed by atoms with Gasteiger partial charge in [-0.1, -0.05) is 11.6 Å². The van der Waals surface area contributed by atoms with Crippen LogP contribution in [0.5, 0.6) is 0 Å². The first-order chi connectivity index (χ1) is 11.6. The highest BCUT2D eigenvalue weighted by Gasteiger charge is 2.54. The van der Waals surface area contributed by atoms with Crippen molar-refractivity contribution >= 4 is 39.5 Å². The summed E-state index contributed by atoms with van der Waals surface area (Å²) in [5.41, 5.74) is -0.232. The quantitative estimate of drug-likeness (QED) is 0.668. The number of piperazine rings is 1. The third-order valence-corrected chi connectivity index (χ3v) is 5.46. The Bertz CT molecular complexity index is 713. The van der Waals surface area contributed by atoms with Crippen LogP contribution in [0.3, 0.4) is 0 Å². The van der Waals surface area contributed by atoms with Crippen molar-refractivity contribution in [1.29, 1.82) is 0 Å². The molecule has 1 aliphatic carbocycles. The van der Waals surface area contributed by atoms with Gasteiger partial charge in [-0.05, 0) is 67.7 Å². The minimum absolute atomic E-state index is 0.0456. The second-order valence-corrected chi connectivity index (χ2v) is 9.00. The van der Waals surface area contributed by atoms with Crippen LogP contribution >= 0.6 is 27.5 Å². The van der Waals surface area contributed by atoms with Gasteiger partial charge in [0.1, 0.15) is 5.60 Å². The number of rotatable bonds is 1.